The van der Waals surface area contributed by atoms with Crippen LogP contribution >= 0.6 is 11.6 Å². The van der Waals surface area contributed by atoms with E-state index >= 15 is 0 Å². The first-order valence-corrected chi connectivity index (χ1v) is 6.03. The number of likely N-dealkylation sites (tertiary alicyclic amines) is 1. The van der Waals surface area contributed by atoms with E-state index in [0.717, 1.165) is 13.0 Å². The SMILES string of the molecule is CC1(CN)CCN(C(=O)c2ccc(Cl)cn2)C1. The number of nitrogens with zero attached hydrogens (tertiary/aromatic N) is 2. The van der Waals surface area contributed by atoms with Crippen LogP contribution < -0.4 is 5.73 Å². The Balaban J connectivity index is 2.09. The quantitative estimate of drug-likeness (QED) is 0.870. The van der Waals surface area contributed by atoms with E-state index in [1.807, 2.05) is 4.90 Å². The molecule has 17 heavy (non-hydrogen) atoms. The predicted molar refractivity (Wildman–Crippen MR) is 66.9 cm³/mol. The van der Waals surface area contributed by atoms with E-state index in [4.69, 9.17) is 17.3 Å². The monoisotopic (exact) mass is 253 g/mol. The molecule has 4 nitrogen and oxygen atoms in total. The molecule has 1 fully saturated rings. The Labute approximate surface area is 106 Å². The van der Waals surface area contributed by atoms with Gasteiger partial charge in [-0.1, -0.05) is 18.5 Å². The minimum Gasteiger partial charge on any atom is -0.337 e. The maximum atomic E-state index is 12.1. The molecule has 0 radical (unpaired) electrons. The largest absolute Gasteiger partial charge is 0.337 e. The fourth-order valence-electron chi connectivity index (χ4n) is 2.03. The first-order chi connectivity index (χ1) is 8.04. The zero-order valence-corrected chi connectivity index (χ0v) is 10.6. The van der Waals surface area contributed by atoms with Crippen LogP contribution in [-0.2, 0) is 0 Å². The number of amides is 1. The lowest BCUT2D eigenvalue weighted by Crippen LogP contribution is -2.34. The maximum Gasteiger partial charge on any atom is 0.272 e. The lowest BCUT2D eigenvalue weighted by atomic mass is 9.90. The van der Waals surface area contributed by atoms with Crippen LogP contribution in [-0.4, -0.2) is 35.4 Å². The van der Waals surface area contributed by atoms with Crippen molar-refractivity contribution in [2.75, 3.05) is 19.6 Å². The third-order valence-electron chi connectivity index (χ3n) is 3.28. The van der Waals surface area contributed by atoms with Crippen LogP contribution in [0.4, 0.5) is 0 Å². The molecule has 2 rings (SSSR count). The molecule has 1 aromatic rings. The van der Waals surface area contributed by atoms with Gasteiger partial charge in [0.25, 0.3) is 5.91 Å². The molecular weight excluding hydrogens is 238 g/mol. The summed E-state index contributed by atoms with van der Waals surface area (Å²) in [6.07, 6.45) is 2.44. The van der Waals surface area contributed by atoms with Gasteiger partial charge >= 0.3 is 0 Å². The van der Waals surface area contributed by atoms with Crippen LogP contribution in [0.15, 0.2) is 18.3 Å². The van der Waals surface area contributed by atoms with E-state index in [9.17, 15) is 4.79 Å². The molecule has 0 spiro atoms. The Bertz CT molecular complexity index is 420. The second kappa shape index (κ2) is 4.63. The minimum atomic E-state index is -0.0427. The number of halogens is 1. The zero-order chi connectivity index (χ0) is 12.5. The molecule has 92 valence electrons. The number of rotatable bonds is 2. The molecule has 1 aliphatic rings. The number of carbonyl (C=O) groups is 1. The number of hydrogen-bond donors (Lipinski definition) is 1. The fourth-order valence-corrected chi connectivity index (χ4v) is 2.14. The highest BCUT2D eigenvalue weighted by Gasteiger charge is 2.35. The molecule has 1 atom stereocenters. The maximum absolute atomic E-state index is 12.1. The van der Waals surface area contributed by atoms with Gasteiger partial charge in [0.1, 0.15) is 5.69 Å². The Kier molecular flexibility index (Phi) is 3.35. The molecule has 1 saturated heterocycles. The number of hydrogen-bond acceptors (Lipinski definition) is 3. The third-order valence-corrected chi connectivity index (χ3v) is 3.51. The molecule has 1 aliphatic heterocycles. The first kappa shape index (κ1) is 12.3. The van der Waals surface area contributed by atoms with Crippen molar-refractivity contribution in [3.8, 4) is 0 Å². The Hall–Kier alpha value is -1.13. The van der Waals surface area contributed by atoms with Crippen LogP contribution in [0.1, 0.15) is 23.8 Å². The van der Waals surface area contributed by atoms with E-state index in [1.165, 1.54) is 6.20 Å². The predicted octanol–water partition coefficient (Wildman–Crippen LogP) is 1.55. The summed E-state index contributed by atoms with van der Waals surface area (Å²) in [7, 11) is 0. The van der Waals surface area contributed by atoms with Crippen molar-refractivity contribution in [3.63, 3.8) is 0 Å². The van der Waals surface area contributed by atoms with Gasteiger partial charge in [-0.15, -0.1) is 0 Å². The summed E-state index contributed by atoms with van der Waals surface area (Å²) in [4.78, 5) is 18.0. The molecule has 0 aromatic carbocycles. The molecule has 0 saturated carbocycles. The van der Waals surface area contributed by atoms with Crippen LogP contribution in [0, 0.1) is 5.41 Å². The summed E-state index contributed by atoms with van der Waals surface area (Å²) < 4.78 is 0. The van der Waals surface area contributed by atoms with Crippen molar-refractivity contribution in [1.29, 1.82) is 0 Å². The normalized spacial score (nSPS) is 24.1. The summed E-state index contributed by atoms with van der Waals surface area (Å²) in [6.45, 7) is 4.16. The number of carbonyl (C=O) groups excluding carboxylic acids is 1. The molecule has 0 aliphatic carbocycles. The summed E-state index contributed by atoms with van der Waals surface area (Å²) in [5.74, 6) is -0.0427. The molecule has 1 amide bonds. The summed E-state index contributed by atoms with van der Waals surface area (Å²) in [6, 6.07) is 3.34. The molecule has 5 heteroatoms. The van der Waals surface area contributed by atoms with Crippen molar-refractivity contribution in [2.24, 2.45) is 11.1 Å². The first-order valence-electron chi connectivity index (χ1n) is 5.65. The highest BCUT2D eigenvalue weighted by atomic mass is 35.5. The molecule has 0 bridgehead atoms. The van der Waals surface area contributed by atoms with E-state index in [0.29, 0.717) is 23.8 Å². The third kappa shape index (κ3) is 2.58. The molecule has 1 unspecified atom stereocenters. The Morgan fingerprint density at radius 1 is 1.65 bits per heavy atom. The van der Waals surface area contributed by atoms with Crippen LogP contribution in [0.25, 0.3) is 0 Å². The highest BCUT2D eigenvalue weighted by Crippen LogP contribution is 2.29. The summed E-state index contributed by atoms with van der Waals surface area (Å²) in [5.41, 5.74) is 6.20. The van der Waals surface area contributed by atoms with Crippen molar-refractivity contribution in [2.45, 2.75) is 13.3 Å². The topological polar surface area (TPSA) is 59.2 Å². The molecule has 2 N–H and O–H groups in total. The smallest absolute Gasteiger partial charge is 0.272 e. The van der Waals surface area contributed by atoms with Crippen molar-refractivity contribution >= 4 is 17.5 Å². The summed E-state index contributed by atoms with van der Waals surface area (Å²) in [5, 5.41) is 0.537. The highest BCUT2D eigenvalue weighted by molar-refractivity contribution is 6.30. The van der Waals surface area contributed by atoms with Crippen LogP contribution in [0.5, 0.6) is 0 Å². The van der Waals surface area contributed by atoms with Gasteiger partial charge in [0.05, 0.1) is 5.02 Å². The van der Waals surface area contributed by atoms with E-state index in [2.05, 4.69) is 11.9 Å². The summed E-state index contributed by atoms with van der Waals surface area (Å²) >= 11 is 5.74. The number of pyridine rings is 1. The standard InChI is InChI=1S/C12H16ClN3O/c1-12(7-14)4-5-16(8-12)11(17)10-3-2-9(13)6-15-10/h2-3,6H,4-5,7-8,14H2,1H3. The van der Waals surface area contributed by atoms with E-state index in [1.54, 1.807) is 12.1 Å². The van der Waals surface area contributed by atoms with Gasteiger partial charge in [-0.25, -0.2) is 4.98 Å². The second-order valence-electron chi connectivity index (χ2n) is 4.85. The van der Waals surface area contributed by atoms with Crippen LogP contribution in [0.2, 0.25) is 5.02 Å². The molecule has 1 aromatic heterocycles. The van der Waals surface area contributed by atoms with Crippen LogP contribution in [0.3, 0.4) is 0 Å². The van der Waals surface area contributed by atoms with Crippen molar-refractivity contribution in [3.05, 3.63) is 29.0 Å². The van der Waals surface area contributed by atoms with Gasteiger partial charge in [0.2, 0.25) is 0 Å². The van der Waals surface area contributed by atoms with Crippen molar-refractivity contribution < 1.29 is 4.79 Å². The van der Waals surface area contributed by atoms with Gasteiger partial charge in [-0.2, -0.15) is 0 Å². The van der Waals surface area contributed by atoms with Gasteiger partial charge in [-0.3, -0.25) is 4.79 Å². The van der Waals surface area contributed by atoms with Gasteiger partial charge in [0.15, 0.2) is 0 Å². The lowest BCUT2D eigenvalue weighted by Gasteiger charge is -2.22. The minimum absolute atomic E-state index is 0.0427. The van der Waals surface area contributed by atoms with Gasteiger partial charge in [-0.05, 0) is 30.5 Å². The van der Waals surface area contributed by atoms with E-state index < -0.39 is 0 Å². The average molecular weight is 254 g/mol. The zero-order valence-electron chi connectivity index (χ0n) is 9.82. The van der Waals surface area contributed by atoms with Gasteiger partial charge in [0, 0.05) is 19.3 Å². The fraction of sp³-hybridized carbons (Fsp3) is 0.500. The second-order valence-corrected chi connectivity index (χ2v) is 5.29. The van der Waals surface area contributed by atoms with Crippen molar-refractivity contribution in [1.82, 2.24) is 9.88 Å². The molecular formula is C12H16ClN3O. The van der Waals surface area contributed by atoms with Gasteiger partial charge < -0.3 is 10.6 Å². The number of nitrogens with two attached hydrogens (primary N) is 1. The Morgan fingerprint density at radius 3 is 2.94 bits per heavy atom. The lowest BCUT2D eigenvalue weighted by molar-refractivity contribution is 0.0771. The Morgan fingerprint density at radius 2 is 2.41 bits per heavy atom. The van der Waals surface area contributed by atoms with E-state index in [-0.39, 0.29) is 11.3 Å². The molecule has 2 heterocycles. The average Bonchev–Trinajstić information content (AvgIpc) is 2.73. The number of aromatic nitrogens is 1.